The molecule has 8 nitrogen and oxygen atoms in total. The Hall–Kier alpha value is -5.84. The number of nitrogens with one attached hydrogen (secondary N) is 2. The van der Waals surface area contributed by atoms with Gasteiger partial charge in [0, 0.05) is 17.0 Å². The molecule has 11 heteroatoms. The van der Waals surface area contributed by atoms with Gasteiger partial charge in [-0.25, -0.2) is 13.4 Å². The molecular weight excluding hydrogens is 686 g/mol. The second kappa shape index (κ2) is 20.2. The van der Waals surface area contributed by atoms with E-state index < -0.39 is 10.0 Å². The number of carbonyl (C=O) groups excluding carboxylic acids is 2. The highest BCUT2D eigenvalue weighted by Gasteiger charge is 2.21. The molecule has 0 spiro atoms. The minimum absolute atomic E-state index is 0.0872. The molecule has 1 heterocycles. The Labute approximate surface area is 281 Å². The van der Waals surface area contributed by atoms with Gasteiger partial charge >= 0.3 is 0 Å². The second-order valence-electron chi connectivity index (χ2n) is 8.03. The van der Waals surface area contributed by atoms with Crippen LogP contribution in [0.2, 0.25) is 0 Å². The minimum atomic E-state index is -4.00. The average molecular weight is 709 g/mol. The Morgan fingerprint density at radius 3 is 1.96 bits per heavy atom. The molecule has 3 rings (SSSR count). The molecule has 0 radical (unpaired) electrons. The fourth-order valence-corrected chi connectivity index (χ4v) is 5.39. The summed E-state index contributed by atoms with van der Waals surface area (Å²) in [6.45, 7) is 4.90. The summed E-state index contributed by atoms with van der Waals surface area (Å²) in [4.78, 5) is 26.3. The number of aldehydes is 1. The predicted molar refractivity (Wildman–Crippen MR) is 183 cm³/mol. The van der Waals surface area contributed by atoms with Crippen LogP contribution in [-0.2, 0) is 21.4 Å². The van der Waals surface area contributed by atoms with Gasteiger partial charge in [-0.15, -0.1) is 0 Å². The first-order valence-electron chi connectivity index (χ1n) is 12.7. The van der Waals surface area contributed by atoms with E-state index in [-0.39, 0.29) is 33.3 Å². The third-order valence-electron chi connectivity index (χ3n) is 4.68. The molecule has 226 valence electrons. The van der Waals surface area contributed by atoms with E-state index in [0.717, 1.165) is 23.1 Å². The zero-order chi connectivity index (χ0) is 33.6. The van der Waals surface area contributed by atoms with Crippen molar-refractivity contribution < 1.29 is 22.7 Å². The smallest absolute Gasteiger partial charge is 0.273 e. The highest BCUT2D eigenvalue weighted by Crippen LogP contribution is 2.34. The maximum Gasteiger partial charge on any atom is 0.273 e. The zero-order valence-corrected chi connectivity index (χ0v) is 27.8. The second-order valence-corrected chi connectivity index (χ2v) is 11.8. The minimum Gasteiger partial charge on any atom is -0.487 e. The molecule has 0 aliphatic heterocycles. The Balaban J connectivity index is 0.000000392. The van der Waals surface area contributed by atoms with Crippen LogP contribution < -0.4 is 14.8 Å². The molecule has 2 aromatic carbocycles. The van der Waals surface area contributed by atoms with Crippen LogP contribution >= 0.6 is 27.3 Å². The SMILES string of the molecule is CC#CC#CC#CC#CC#CC#CC#CC.CC(=O)Nc1ncc(S(=O)(=O)Nc2cc(Br)c(C=O)cc2OCc2ccccc2)s1. The molecule has 0 aliphatic rings. The molecule has 0 fully saturated rings. The molecule has 0 saturated carbocycles. The molecule has 0 aliphatic carbocycles. The van der Waals surface area contributed by atoms with Crippen LogP contribution in [0.5, 0.6) is 5.75 Å². The van der Waals surface area contributed by atoms with Gasteiger partial charge in [-0.3, -0.25) is 14.3 Å². The van der Waals surface area contributed by atoms with Crippen LogP contribution in [0.25, 0.3) is 0 Å². The van der Waals surface area contributed by atoms with Crippen molar-refractivity contribution in [2.75, 3.05) is 10.0 Å². The predicted octanol–water partition coefficient (Wildman–Crippen LogP) is 5.11. The Morgan fingerprint density at radius 2 is 1.46 bits per heavy atom. The first-order chi connectivity index (χ1) is 22.2. The lowest BCUT2D eigenvalue weighted by atomic mass is 10.2. The Kier molecular flexibility index (Phi) is 15.9. The Bertz CT molecular complexity index is 2090. The van der Waals surface area contributed by atoms with Gasteiger partial charge in [-0.1, -0.05) is 53.5 Å². The molecule has 1 aromatic heterocycles. The van der Waals surface area contributed by atoms with Gasteiger partial charge in [0.15, 0.2) is 15.6 Å². The van der Waals surface area contributed by atoms with Gasteiger partial charge in [0.2, 0.25) is 5.91 Å². The van der Waals surface area contributed by atoms with Crippen LogP contribution in [0, 0.1) is 82.9 Å². The maximum atomic E-state index is 12.8. The molecule has 0 unspecified atom stereocenters. The van der Waals surface area contributed by atoms with Crippen molar-refractivity contribution in [3.05, 3.63) is 64.3 Å². The quantitative estimate of drug-likeness (QED) is 0.249. The van der Waals surface area contributed by atoms with E-state index in [0.29, 0.717) is 16.3 Å². The molecular formula is C35H22BrN3O5S2. The summed E-state index contributed by atoms with van der Waals surface area (Å²) in [6, 6.07) is 12.2. The molecule has 1 amide bonds. The number of carbonyl (C=O) groups is 2. The van der Waals surface area contributed by atoms with E-state index in [1.165, 1.54) is 19.1 Å². The number of halogens is 1. The van der Waals surface area contributed by atoms with E-state index in [1.807, 2.05) is 30.3 Å². The van der Waals surface area contributed by atoms with Crippen molar-refractivity contribution in [1.82, 2.24) is 4.98 Å². The standard InChI is InChI=1S/C19H16BrN3O5S2.C16H6/c1-12(25)22-19-21-9-18(29-19)30(26,27)23-16-8-15(20)14(10-24)7-17(16)28-11-13-5-3-2-4-6-13;1-3-5-7-9-11-13-15-16-14-12-10-8-6-4-2/h2-10,23H,11H2,1H3,(H,21,22,25);1-2H3. The lowest BCUT2D eigenvalue weighted by Gasteiger charge is -2.15. The number of rotatable bonds is 8. The number of hydrogen-bond acceptors (Lipinski definition) is 7. The van der Waals surface area contributed by atoms with E-state index in [1.54, 1.807) is 13.8 Å². The number of anilines is 2. The van der Waals surface area contributed by atoms with Gasteiger partial charge in [-0.05, 0) is 119 Å². The lowest BCUT2D eigenvalue weighted by molar-refractivity contribution is -0.114. The third-order valence-corrected chi connectivity index (χ3v) is 8.10. The van der Waals surface area contributed by atoms with Crippen LogP contribution in [0.3, 0.4) is 0 Å². The number of ether oxygens (including phenoxy) is 1. The van der Waals surface area contributed by atoms with E-state index in [9.17, 15) is 18.0 Å². The van der Waals surface area contributed by atoms with Crippen molar-refractivity contribution in [3.63, 3.8) is 0 Å². The fraction of sp³-hybridized carbons (Fsp3) is 0.114. The van der Waals surface area contributed by atoms with Crippen LogP contribution in [0.1, 0.15) is 36.7 Å². The fourth-order valence-electron chi connectivity index (χ4n) is 2.82. The number of thiazole rings is 1. The molecule has 3 aromatic rings. The first-order valence-corrected chi connectivity index (χ1v) is 15.8. The number of aromatic nitrogens is 1. The molecule has 0 saturated heterocycles. The van der Waals surface area contributed by atoms with Crippen molar-refractivity contribution in [2.24, 2.45) is 0 Å². The number of hydrogen-bond donors (Lipinski definition) is 2. The molecule has 0 bridgehead atoms. The van der Waals surface area contributed by atoms with Gasteiger partial charge in [0.25, 0.3) is 10.0 Å². The summed E-state index contributed by atoms with van der Waals surface area (Å²) in [5.41, 5.74) is 1.34. The monoisotopic (exact) mass is 707 g/mol. The number of amides is 1. The normalized spacial score (nSPS) is 8.52. The molecule has 46 heavy (non-hydrogen) atoms. The van der Waals surface area contributed by atoms with Gasteiger partial charge in [0.1, 0.15) is 12.4 Å². The van der Waals surface area contributed by atoms with Gasteiger partial charge in [-0.2, -0.15) is 0 Å². The Morgan fingerprint density at radius 1 is 0.913 bits per heavy atom. The highest BCUT2D eigenvalue weighted by atomic mass is 79.9. The first kappa shape index (κ1) is 36.4. The van der Waals surface area contributed by atoms with Crippen LogP contribution in [-0.4, -0.2) is 25.6 Å². The topological polar surface area (TPSA) is 114 Å². The van der Waals surface area contributed by atoms with Gasteiger partial charge in [0.05, 0.1) is 11.9 Å². The van der Waals surface area contributed by atoms with Gasteiger partial charge < -0.3 is 10.1 Å². The summed E-state index contributed by atoms with van der Waals surface area (Å²) in [6.07, 6.45) is 1.79. The van der Waals surface area contributed by atoms with E-state index >= 15 is 0 Å². The summed E-state index contributed by atoms with van der Waals surface area (Å²) in [7, 11) is -4.00. The zero-order valence-electron chi connectivity index (χ0n) is 24.6. The highest BCUT2D eigenvalue weighted by molar-refractivity contribution is 9.10. The number of nitrogens with zero attached hydrogens (tertiary/aromatic N) is 1. The van der Waals surface area contributed by atoms with Crippen molar-refractivity contribution in [3.8, 4) is 88.6 Å². The van der Waals surface area contributed by atoms with E-state index in [2.05, 4.69) is 114 Å². The lowest BCUT2D eigenvalue weighted by Crippen LogP contribution is -2.13. The maximum absolute atomic E-state index is 12.8. The number of sulfonamides is 1. The van der Waals surface area contributed by atoms with Crippen LogP contribution in [0.4, 0.5) is 10.8 Å². The summed E-state index contributed by atoms with van der Waals surface area (Å²) < 4.78 is 34.2. The van der Waals surface area contributed by atoms with Crippen molar-refractivity contribution in [1.29, 1.82) is 0 Å². The largest absolute Gasteiger partial charge is 0.487 e. The summed E-state index contributed by atoms with van der Waals surface area (Å²) in [5.74, 6) is 35.4. The molecule has 0 atom stereocenters. The van der Waals surface area contributed by atoms with Crippen LogP contribution in [0.15, 0.2) is 57.3 Å². The number of benzene rings is 2. The third kappa shape index (κ3) is 13.6. The summed E-state index contributed by atoms with van der Waals surface area (Å²) >= 11 is 4.07. The van der Waals surface area contributed by atoms with Crippen molar-refractivity contribution in [2.45, 2.75) is 31.6 Å². The van der Waals surface area contributed by atoms with E-state index in [4.69, 9.17) is 4.74 Å². The average Bonchev–Trinajstić information content (AvgIpc) is 3.51. The summed E-state index contributed by atoms with van der Waals surface area (Å²) in [5, 5.41) is 2.61. The van der Waals surface area contributed by atoms with Crippen molar-refractivity contribution >= 4 is 60.3 Å². The molecule has 2 N–H and O–H groups in total.